The fourth-order valence-electron chi connectivity index (χ4n) is 4.84. The third-order valence-corrected chi connectivity index (χ3v) is 7.62. The first-order valence-electron chi connectivity index (χ1n) is 13.6. The van der Waals surface area contributed by atoms with Crippen LogP contribution in [0, 0.1) is 5.92 Å². The maximum Gasteiger partial charge on any atom is 0.311 e. The average molecular weight is 590 g/mol. The van der Waals surface area contributed by atoms with Gasteiger partial charge in [0.05, 0.1) is 10.7 Å². The Bertz CT molecular complexity index is 1520. The fraction of sp³-hybridized carbons (Fsp3) is 0.250. The summed E-state index contributed by atoms with van der Waals surface area (Å²) in [4.78, 5) is 37.2. The molecule has 0 aliphatic carbocycles. The van der Waals surface area contributed by atoms with E-state index in [1.165, 1.54) is 5.56 Å². The highest BCUT2D eigenvalue weighted by Crippen LogP contribution is 2.34. The van der Waals surface area contributed by atoms with Crippen molar-refractivity contribution in [2.75, 3.05) is 23.3 Å². The SMILES string of the molecule is CCC(=O)Oc1c(Cl)cccc1NC(=O)c1cc(N2CCC(Cc3ccccc3)CC2)nc(-c2ccc(Cl)cc2)n1. The summed E-state index contributed by atoms with van der Waals surface area (Å²) in [6.45, 7) is 3.32. The minimum absolute atomic E-state index is 0.0991. The van der Waals surface area contributed by atoms with Gasteiger partial charge in [0.2, 0.25) is 0 Å². The van der Waals surface area contributed by atoms with Gasteiger partial charge in [-0.05, 0) is 67.1 Å². The van der Waals surface area contributed by atoms with Crippen LogP contribution in [-0.4, -0.2) is 34.9 Å². The number of hydrogen-bond acceptors (Lipinski definition) is 6. The quantitative estimate of drug-likeness (QED) is 0.170. The normalized spacial score (nSPS) is 13.6. The lowest BCUT2D eigenvalue weighted by molar-refractivity contribution is -0.133. The first-order chi connectivity index (χ1) is 19.9. The lowest BCUT2D eigenvalue weighted by Gasteiger charge is -2.33. The van der Waals surface area contributed by atoms with E-state index in [9.17, 15) is 9.59 Å². The van der Waals surface area contributed by atoms with E-state index in [-0.39, 0.29) is 28.6 Å². The second kappa shape index (κ2) is 13.1. The molecule has 9 heteroatoms. The molecule has 4 aromatic rings. The Kier molecular flexibility index (Phi) is 9.17. The summed E-state index contributed by atoms with van der Waals surface area (Å²) in [6, 6.07) is 24.3. The van der Waals surface area contributed by atoms with Gasteiger partial charge in [-0.1, -0.05) is 66.5 Å². The summed E-state index contributed by atoms with van der Waals surface area (Å²) in [7, 11) is 0. The van der Waals surface area contributed by atoms with Crippen molar-refractivity contribution in [1.29, 1.82) is 0 Å². The van der Waals surface area contributed by atoms with Gasteiger partial charge in [0.15, 0.2) is 11.6 Å². The molecule has 7 nitrogen and oxygen atoms in total. The van der Waals surface area contributed by atoms with E-state index >= 15 is 0 Å². The van der Waals surface area contributed by atoms with Crippen LogP contribution in [0.4, 0.5) is 11.5 Å². The van der Waals surface area contributed by atoms with Gasteiger partial charge in [-0.25, -0.2) is 9.97 Å². The van der Waals surface area contributed by atoms with Crippen LogP contribution >= 0.6 is 23.2 Å². The van der Waals surface area contributed by atoms with Gasteiger partial charge in [-0.15, -0.1) is 0 Å². The van der Waals surface area contributed by atoms with E-state index in [4.69, 9.17) is 32.9 Å². The molecule has 5 rings (SSSR count). The van der Waals surface area contributed by atoms with Crippen molar-refractivity contribution < 1.29 is 14.3 Å². The van der Waals surface area contributed by atoms with E-state index in [0.29, 0.717) is 22.6 Å². The number of halogens is 2. The number of amides is 1. The summed E-state index contributed by atoms with van der Waals surface area (Å²) in [5, 5.41) is 3.63. The fourth-order valence-corrected chi connectivity index (χ4v) is 5.18. The van der Waals surface area contributed by atoms with Crippen LogP contribution in [0.1, 0.15) is 42.2 Å². The maximum atomic E-state index is 13.5. The topological polar surface area (TPSA) is 84.4 Å². The number of nitrogens with zero attached hydrogens (tertiary/aromatic N) is 3. The molecule has 0 radical (unpaired) electrons. The molecule has 1 N–H and O–H groups in total. The van der Waals surface area contributed by atoms with E-state index < -0.39 is 11.9 Å². The number of rotatable bonds is 8. The molecule has 1 aromatic heterocycles. The Balaban J connectivity index is 1.41. The molecule has 3 aromatic carbocycles. The number of aromatic nitrogens is 2. The van der Waals surface area contributed by atoms with Crippen LogP contribution in [0.15, 0.2) is 78.9 Å². The summed E-state index contributed by atoms with van der Waals surface area (Å²) in [6.07, 6.45) is 3.25. The molecule has 1 aliphatic heterocycles. The average Bonchev–Trinajstić information content (AvgIpc) is 3.00. The van der Waals surface area contributed by atoms with Crippen LogP contribution in [0.5, 0.6) is 5.75 Å². The Morgan fingerprint density at radius 3 is 2.39 bits per heavy atom. The molecular weight excluding hydrogens is 559 g/mol. The van der Waals surface area contributed by atoms with Crippen molar-refractivity contribution in [3.63, 3.8) is 0 Å². The monoisotopic (exact) mass is 588 g/mol. The van der Waals surface area contributed by atoms with Crippen LogP contribution in [0.3, 0.4) is 0 Å². The highest BCUT2D eigenvalue weighted by molar-refractivity contribution is 6.33. The lowest BCUT2D eigenvalue weighted by Crippen LogP contribution is -2.35. The largest absolute Gasteiger partial charge is 0.423 e. The number of carbonyl (C=O) groups excluding carboxylic acids is 2. The van der Waals surface area contributed by atoms with Gasteiger partial charge in [-0.3, -0.25) is 9.59 Å². The molecule has 210 valence electrons. The van der Waals surface area contributed by atoms with Gasteiger partial charge >= 0.3 is 5.97 Å². The molecular formula is C32H30Cl2N4O3. The zero-order valence-electron chi connectivity index (χ0n) is 22.6. The highest BCUT2D eigenvalue weighted by Gasteiger charge is 2.24. The summed E-state index contributed by atoms with van der Waals surface area (Å²) >= 11 is 12.4. The van der Waals surface area contributed by atoms with Gasteiger partial charge in [0.1, 0.15) is 11.5 Å². The van der Waals surface area contributed by atoms with Crippen molar-refractivity contribution in [2.45, 2.75) is 32.6 Å². The molecule has 0 unspecified atom stereocenters. The Hall–Kier alpha value is -3.94. The minimum Gasteiger partial charge on any atom is -0.423 e. The number of anilines is 2. The molecule has 1 fully saturated rings. The van der Waals surface area contributed by atoms with Gasteiger partial charge < -0.3 is 15.0 Å². The van der Waals surface area contributed by atoms with E-state index in [1.807, 2.05) is 18.2 Å². The second-order valence-electron chi connectivity index (χ2n) is 9.96. The second-order valence-corrected chi connectivity index (χ2v) is 10.8. The number of carbonyl (C=O) groups is 2. The molecule has 41 heavy (non-hydrogen) atoms. The number of ether oxygens (including phenoxy) is 1. The van der Waals surface area contributed by atoms with Crippen molar-refractivity contribution in [2.24, 2.45) is 5.92 Å². The smallest absolute Gasteiger partial charge is 0.311 e. The number of benzene rings is 3. The van der Waals surface area contributed by atoms with Crippen molar-refractivity contribution in [1.82, 2.24) is 9.97 Å². The molecule has 0 bridgehead atoms. The van der Waals surface area contributed by atoms with Crippen LogP contribution in [0.25, 0.3) is 11.4 Å². The van der Waals surface area contributed by atoms with E-state index in [2.05, 4.69) is 39.5 Å². The molecule has 0 spiro atoms. The first kappa shape index (κ1) is 28.6. The number of esters is 1. The van der Waals surface area contributed by atoms with Crippen LogP contribution < -0.4 is 15.0 Å². The summed E-state index contributed by atoms with van der Waals surface area (Å²) in [5.74, 6) is 0.845. The standard InChI is InChI=1S/C32H30Cl2N4O3/c1-2-29(39)41-30-25(34)9-6-10-26(30)36-32(40)27-20-28(37-31(35-27)23-11-13-24(33)14-12-23)38-17-15-22(16-18-38)19-21-7-4-3-5-8-21/h3-14,20,22H,2,15-19H2,1H3,(H,36,40). The van der Waals surface area contributed by atoms with Gasteiger partial charge in [0.25, 0.3) is 5.91 Å². The highest BCUT2D eigenvalue weighted by atomic mass is 35.5. The Morgan fingerprint density at radius 2 is 1.68 bits per heavy atom. The third-order valence-electron chi connectivity index (χ3n) is 7.07. The predicted octanol–water partition coefficient (Wildman–Crippen LogP) is 7.48. The van der Waals surface area contributed by atoms with Crippen LogP contribution in [-0.2, 0) is 11.2 Å². The van der Waals surface area contributed by atoms with Gasteiger partial charge in [-0.2, -0.15) is 0 Å². The van der Waals surface area contributed by atoms with Gasteiger partial charge in [0, 0.05) is 36.2 Å². The molecule has 1 saturated heterocycles. The summed E-state index contributed by atoms with van der Waals surface area (Å²) in [5.41, 5.74) is 2.55. The van der Waals surface area contributed by atoms with Crippen molar-refractivity contribution >= 4 is 46.6 Å². The van der Waals surface area contributed by atoms with Crippen LogP contribution in [0.2, 0.25) is 10.0 Å². The molecule has 0 atom stereocenters. The zero-order chi connectivity index (χ0) is 28.8. The third kappa shape index (κ3) is 7.23. The molecule has 0 saturated carbocycles. The van der Waals surface area contributed by atoms with E-state index in [1.54, 1.807) is 43.3 Å². The number of piperidine rings is 1. The number of para-hydroxylation sites is 1. The Labute approximate surface area is 249 Å². The first-order valence-corrected chi connectivity index (χ1v) is 14.4. The van der Waals surface area contributed by atoms with Crippen molar-refractivity contribution in [3.05, 3.63) is 100 Å². The van der Waals surface area contributed by atoms with Crippen molar-refractivity contribution in [3.8, 4) is 17.1 Å². The van der Waals surface area contributed by atoms with E-state index in [0.717, 1.165) is 37.9 Å². The zero-order valence-corrected chi connectivity index (χ0v) is 24.2. The molecule has 1 aliphatic rings. The lowest BCUT2D eigenvalue weighted by atomic mass is 9.90. The minimum atomic E-state index is -0.473. The molecule has 2 heterocycles. The number of nitrogens with one attached hydrogen (secondary N) is 1. The number of hydrogen-bond donors (Lipinski definition) is 1. The molecule has 1 amide bonds. The summed E-state index contributed by atoms with van der Waals surface area (Å²) < 4.78 is 5.40. The maximum absolute atomic E-state index is 13.5. The Morgan fingerprint density at radius 1 is 0.951 bits per heavy atom. The predicted molar refractivity (Wildman–Crippen MR) is 163 cm³/mol.